The van der Waals surface area contributed by atoms with Gasteiger partial charge < -0.3 is 31.9 Å². The lowest BCUT2D eigenvalue weighted by Gasteiger charge is -2.26. The highest BCUT2D eigenvalue weighted by Gasteiger charge is 2.33. The molecule has 0 bridgehead atoms. The number of hydrogen-bond donors (Lipinski definition) is 6. The van der Waals surface area contributed by atoms with E-state index in [9.17, 15) is 38.7 Å². The molecule has 376 valence electrons. The average Bonchev–Trinajstić information content (AvgIpc) is 3.97. The molecule has 4 amide bonds. The predicted octanol–water partition coefficient (Wildman–Crippen LogP) is 6.08. The van der Waals surface area contributed by atoms with Gasteiger partial charge in [0.05, 0.1) is 25.2 Å². The van der Waals surface area contributed by atoms with E-state index in [-0.39, 0.29) is 25.2 Å². The molecule has 0 saturated heterocycles. The largest absolute Gasteiger partial charge is 0.481 e. The van der Waals surface area contributed by atoms with Crippen molar-refractivity contribution in [3.05, 3.63) is 118 Å². The first-order valence-electron chi connectivity index (χ1n) is 24.3. The molecule has 0 saturated carbocycles. The summed E-state index contributed by atoms with van der Waals surface area (Å²) < 4.78 is 1.63. The van der Waals surface area contributed by atoms with Gasteiger partial charge >= 0.3 is 11.9 Å². The highest BCUT2D eigenvalue weighted by atomic mass is 32.2. The molecule has 4 aromatic carbocycles. The van der Waals surface area contributed by atoms with Crippen molar-refractivity contribution >= 4 is 75.0 Å². The number of fused-ring (bicyclic) bond motifs is 5. The van der Waals surface area contributed by atoms with Gasteiger partial charge in [0.15, 0.2) is 5.78 Å². The van der Waals surface area contributed by atoms with Crippen LogP contribution in [0.4, 0.5) is 0 Å². The highest BCUT2D eigenvalue weighted by molar-refractivity contribution is 7.99. The lowest BCUT2D eigenvalue weighted by molar-refractivity contribution is -0.141. The Kier molecular flexibility index (Phi) is 17.6. The van der Waals surface area contributed by atoms with E-state index < -0.39 is 85.2 Å². The SMILES string of the molecule is CCCC#Cc1ccc2c(c1)/C(=C1\c3c(ccc4ccccc34)C[C@H]1C)c1cc(C#CCCn3cc(CCC(=O)N[C@@H](CC(=O)O)C(=O)NCC(=O)CC(CCC(=O)O)C(=O)N[C@@H](C)C(N)=O)nn3)ccc1S2. The summed E-state index contributed by atoms with van der Waals surface area (Å²) in [6, 6.07) is 23.5. The number of hydrogen-bond acceptors (Lipinski definition) is 10. The van der Waals surface area contributed by atoms with Crippen LogP contribution >= 0.6 is 11.8 Å². The van der Waals surface area contributed by atoms with Gasteiger partial charge in [-0.05, 0) is 113 Å². The zero-order valence-electron chi connectivity index (χ0n) is 40.9. The minimum absolute atomic E-state index is 0.130. The summed E-state index contributed by atoms with van der Waals surface area (Å²) in [7, 11) is 0. The summed E-state index contributed by atoms with van der Waals surface area (Å²) >= 11 is 1.77. The Morgan fingerprint density at radius 2 is 1.55 bits per heavy atom. The summed E-state index contributed by atoms with van der Waals surface area (Å²) in [5.41, 5.74) is 15.1. The van der Waals surface area contributed by atoms with Crippen LogP contribution in [0.5, 0.6) is 0 Å². The molecule has 2 heterocycles. The monoisotopic (exact) mass is 1000 g/mol. The minimum atomic E-state index is -1.53. The lowest BCUT2D eigenvalue weighted by atomic mass is 9.84. The fraction of sp³-hybridized carbons (Fsp3) is 0.339. The smallest absolute Gasteiger partial charge is 0.305 e. The molecule has 5 aromatic rings. The van der Waals surface area contributed by atoms with Crippen LogP contribution in [0.1, 0.15) is 111 Å². The second-order valence-electron chi connectivity index (χ2n) is 18.3. The number of primary amides is 1. The Hall–Kier alpha value is -8.02. The van der Waals surface area contributed by atoms with Crippen molar-refractivity contribution in [3.63, 3.8) is 0 Å². The number of carbonyl (C=O) groups excluding carboxylic acids is 5. The number of aliphatic carboxylic acids is 2. The Labute approximate surface area is 427 Å². The van der Waals surface area contributed by atoms with E-state index in [1.54, 1.807) is 22.6 Å². The van der Waals surface area contributed by atoms with E-state index in [1.807, 2.05) is 0 Å². The van der Waals surface area contributed by atoms with Crippen molar-refractivity contribution < 1.29 is 43.8 Å². The Balaban J connectivity index is 0.978. The van der Waals surface area contributed by atoms with Crippen LogP contribution in [-0.4, -0.2) is 85.2 Å². The molecule has 7 rings (SSSR count). The van der Waals surface area contributed by atoms with Crippen molar-refractivity contribution in [1.29, 1.82) is 0 Å². The molecule has 16 nitrogen and oxygen atoms in total. The summed E-state index contributed by atoms with van der Waals surface area (Å²) in [5.74, 6) is 6.08. The number of amides is 4. The summed E-state index contributed by atoms with van der Waals surface area (Å²) in [5, 5.41) is 36.4. The first-order valence-corrected chi connectivity index (χ1v) is 25.1. The molecule has 0 fully saturated rings. The van der Waals surface area contributed by atoms with E-state index in [4.69, 9.17) is 10.8 Å². The normalized spacial score (nSPS) is 15.4. The standard InChI is InChI=1S/C56H57N7O9S/c1-4-5-6-11-35-15-21-46-43(27-35)53(51-33(2)26-38-18-17-37-13-7-8-14-42(37)52(38)51)44-28-36(16-22-47(44)73-46)12-9-10-25-63-32-40(61-62-63)20-23-48(65)60-45(30-50(68)69)56(72)58-31-41(64)29-39(19-24-49(66)67)55(71)59-34(3)54(57)70/h7-8,13-18,21-22,27-28,32-34,39,45H,4-5,10,19-20,23-26,29-31H2,1-3H3,(H2,57,70)(H,58,72)(H,59,71)(H,60,65)(H,66,67)(H,68,69)/b53-51+/t33-,34+,39?,45+/m1/s1. The van der Waals surface area contributed by atoms with Crippen molar-refractivity contribution in [2.45, 2.75) is 113 Å². The number of aromatic nitrogens is 3. The zero-order valence-corrected chi connectivity index (χ0v) is 41.7. The maximum atomic E-state index is 13.0. The fourth-order valence-electron chi connectivity index (χ4n) is 8.95. The Morgan fingerprint density at radius 3 is 2.22 bits per heavy atom. The van der Waals surface area contributed by atoms with E-state index in [1.165, 1.54) is 55.3 Å². The van der Waals surface area contributed by atoms with Gasteiger partial charge in [-0.15, -0.1) is 5.10 Å². The quantitative estimate of drug-likeness (QED) is 0.0476. The number of carbonyl (C=O) groups is 7. The number of ketones is 1. The third-order valence-electron chi connectivity index (χ3n) is 12.6. The number of Topliss-reactive ketones (excluding diaryl/α,β-unsaturated/α-hetero) is 1. The average molecular weight is 1000 g/mol. The van der Waals surface area contributed by atoms with Crippen LogP contribution in [0, 0.1) is 35.5 Å². The van der Waals surface area contributed by atoms with Crippen molar-refractivity contribution in [1.82, 2.24) is 30.9 Å². The van der Waals surface area contributed by atoms with Crippen LogP contribution in [0.25, 0.3) is 21.9 Å². The number of allylic oxidation sites excluding steroid dienone is 1. The van der Waals surface area contributed by atoms with Gasteiger partial charge in [-0.2, -0.15) is 0 Å². The number of unbranched alkanes of at least 4 members (excludes halogenated alkanes) is 1. The van der Waals surface area contributed by atoms with Crippen LogP contribution in [-0.2, 0) is 52.9 Å². The zero-order chi connectivity index (χ0) is 52.2. The van der Waals surface area contributed by atoms with Crippen LogP contribution in [0.3, 0.4) is 0 Å². The molecule has 1 unspecified atom stereocenters. The summed E-state index contributed by atoms with van der Waals surface area (Å²) in [4.78, 5) is 87.9. The third-order valence-corrected chi connectivity index (χ3v) is 13.8. The van der Waals surface area contributed by atoms with Crippen molar-refractivity contribution in [2.75, 3.05) is 6.54 Å². The molecular formula is C56H57N7O9S. The molecule has 2 aliphatic rings. The van der Waals surface area contributed by atoms with Crippen LogP contribution in [0.2, 0.25) is 0 Å². The van der Waals surface area contributed by atoms with Gasteiger partial charge in [0.25, 0.3) is 0 Å². The van der Waals surface area contributed by atoms with Crippen LogP contribution in [0.15, 0.2) is 88.8 Å². The number of carboxylic acids is 2. The molecular weight excluding hydrogens is 947 g/mol. The van der Waals surface area contributed by atoms with E-state index >= 15 is 0 Å². The van der Waals surface area contributed by atoms with Gasteiger partial charge in [0, 0.05) is 71.6 Å². The molecule has 1 aliphatic carbocycles. The summed E-state index contributed by atoms with van der Waals surface area (Å²) in [6.07, 6.45) is 2.98. The van der Waals surface area contributed by atoms with E-state index in [0.717, 1.165) is 36.0 Å². The molecule has 73 heavy (non-hydrogen) atoms. The number of aryl methyl sites for hydroxylation is 2. The number of nitrogens with zero attached hydrogens (tertiary/aromatic N) is 3. The Bertz CT molecular complexity index is 3160. The van der Waals surface area contributed by atoms with Gasteiger partial charge in [-0.1, -0.05) is 90.9 Å². The minimum Gasteiger partial charge on any atom is -0.481 e. The fourth-order valence-corrected chi connectivity index (χ4v) is 10.0. The Morgan fingerprint density at radius 1 is 0.849 bits per heavy atom. The second kappa shape index (κ2) is 24.4. The number of nitrogens with two attached hydrogens (primary N) is 1. The van der Waals surface area contributed by atoms with Gasteiger partial charge in [-0.3, -0.25) is 38.2 Å². The molecule has 4 atom stereocenters. The lowest BCUT2D eigenvalue weighted by Crippen LogP contribution is -2.49. The van der Waals surface area contributed by atoms with E-state index in [2.05, 4.69) is 137 Å². The molecule has 0 radical (unpaired) electrons. The van der Waals surface area contributed by atoms with Gasteiger partial charge in [0.2, 0.25) is 23.6 Å². The molecule has 1 aromatic heterocycles. The third kappa shape index (κ3) is 13.7. The summed E-state index contributed by atoms with van der Waals surface area (Å²) in [6.45, 7) is 5.57. The highest BCUT2D eigenvalue weighted by Crippen LogP contribution is 2.53. The van der Waals surface area contributed by atoms with Gasteiger partial charge in [-0.25, -0.2) is 0 Å². The molecule has 7 N–H and O–H groups in total. The number of carboxylic acid groups (broad SMARTS) is 2. The number of nitrogens with one attached hydrogen (secondary N) is 3. The maximum Gasteiger partial charge on any atom is 0.305 e. The molecule has 17 heteroatoms. The van der Waals surface area contributed by atoms with E-state index in [0.29, 0.717) is 18.7 Å². The molecule has 1 aliphatic heterocycles. The maximum absolute atomic E-state index is 13.0. The number of rotatable bonds is 20. The van der Waals surface area contributed by atoms with Crippen molar-refractivity contribution in [3.8, 4) is 23.7 Å². The topological polar surface area (TPSA) is 253 Å². The predicted molar refractivity (Wildman–Crippen MR) is 275 cm³/mol. The first kappa shape index (κ1) is 52.8. The second-order valence-corrected chi connectivity index (χ2v) is 19.3. The van der Waals surface area contributed by atoms with Crippen LogP contribution < -0.4 is 21.7 Å². The van der Waals surface area contributed by atoms with Crippen molar-refractivity contribution in [2.24, 2.45) is 17.6 Å². The molecule has 0 spiro atoms. The number of benzene rings is 4. The first-order chi connectivity index (χ1) is 35.1. The van der Waals surface area contributed by atoms with Gasteiger partial charge in [0.1, 0.15) is 12.1 Å².